The number of benzene rings is 1. The molecule has 0 fully saturated rings. The number of carbonyl (C=O) groups is 1. The highest BCUT2D eigenvalue weighted by Gasteiger charge is 2.12. The quantitative estimate of drug-likeness (QED) is 0.888. The zero-order valence-electron chi connectivity index (χ0n) is 10.7. The van der Waals surface area contributed by atoms with Crippen molar-refractivity contribution in [2.24, 2.45) is 5.73 Å². The number of nitriles is 1. The Kier molecular flexibility index (Phi) is 4.24. The van der Waals surface area contributed by atoms with Crippen LogP contribution in [0.5, 0.6) is 0 Å². The Bertz CT molecular complexity index is 618. The second kappa shape index (κ2) is 6.29. The predicted molar refractivity (Wildman–Crippen MR) is 74.2 cm³/mol. The summed E-state index contributed by atoms with van der Waals surface area (Å²) in [7, 11) is 0. The second-order valence-corrected chi connectivity index (χ2v) is 4.04. The van der Waals surface area contributed by atoms with Gasteiger partial charge in [-0.15, -0.1) is 10.2 Å². The molecule has 6 nitrogen and oxygen atoms in total. The number of primary amides is 1. The van der Waals surface area contributed by atoms with E-state index in [9.17, 15) is 4.79 Å². The molecule has 0 aliphatic heterocycles. The van der Waals surface area contributed by atoms with Crippen LogP contribution in [-0.2, 0) is 0 Å². The van der Waals surface area contributed by atoms with E-state index in [-0.39, 0.29) is 5.69 Å². The number of rotatable bonds is 5. The van der Waals surface area contributed by atoms with E-state index in [1.54, 1.807) is 6.07 Å². The molecule has 2 N–H and O–H groups in total. The van der Waals surface area contributed by atoms with Crippen LogP contribution in [0.4, 0.5) is 11.5 Å². The zero-order valence-corrected chi connectivity index (χ0v) is 10.7. The Morgan fingerprint density at radius 3 is 2.50 bits per heavy atom. The van der Waals surface area contributed by atoms with Crippen LogP contribution in [0.1, 0.15) is 16.9 Å². The Morgan fingerprint density at radius 1 is 1.20 bits per heavy atom. The summed E-state index contributed by atoms with van der Waals surface area (Å²) in [5.41, 5.74) is 6.15. The summed E-state index contributed by atoms with van der Waals surface area (Å²) in [6.07, 6.45) is 0.355. The highest BCUT2D eigenvalue weighted by molar-refractivity contribution is 5.90. The van der Waals surface area contributed by atoms with E-state index in [1.165, 1.54) is 6.07 Å². The van der Waals surface area contributed by atoms with E-state index in [2.05, 4.69) is 16.3 Å². The van der Waals surface area contributed by atoms with Gasteiger partial charge in [-0.25, -0.2) is 0 Å². The van der Waals surface area contributed by atoms with Gasteiger partial charge in [-0.1, -0.05) is 18.2 Å². The highest BCUT2D eigenvalue weighted by atomic mass is 16.1. The van der Waals surface area contributed by atoms with Gasteiger partial charge in [0.2, 0.25) is 0 Å². The predicted octanol–water partition coefficient (Wildman–Crippen LogP) is 1.63. The first-order chi connectivity index (χ1) is 9.72. The summed E-state index contributed by atoms with van der Waals surface area (Å²) >= 11 is 0. The number of para-hydroxylation sites is 1. The molecule has 0 radical (unpaired) electrons. The van der Waals surface area contributed by atoms with Crippen LogP contribution in [0.25, 0.3) is 0 Å². The summed E-state index contributed by atoms with van der Waals surface area (Å²) in [6, 6.07) is 14.8. The molecule has 0 aliphatic carbocycles. The average Bonchev–Trinajstić information content (AvgIpc) is 2.49. The molecule has 1 amide bonds. The van der Waals surface area contributed by atoms with E-state index < -0.39 is 5.91 Å². The Balaban J connectivity index is 2.31. The number of aromatic nitrogens is 2. The molecule has 1 heterocycles. The molecule has 0 bridgehead atoms. The van der Waals surface area contributed by atoms with Crippen LogP contribution in [0.3, 0.4) is 0 Å². The molecule has 0 saturated heterocycles. The summed E-state index contributed by atoms with van der Waals surface area (Å²) in [4.78, 5) is 12.8. The lowest BCUT2D eigenvalue weighted by Gasteiger charge is -2.22. The second-order valence-electron chi connectivity index (χ2n) is 4.04. The lowest BCUT2D eigenvalue weighted by molar-refractivity contribution is 0.0994. The third kappa shape index (κ3) is 3.09. The first kappa shape index (κ1) is 13.5. The highest BCUT2D eigenvalue weighted by Crippen LogP contribution is 2.22. The molecule has 6 heteroatoms. The summed E-state index contributed by atoms with van der Waals surface area (Å²) in [6.45, 7) is 0.491. The molecule has 0 saturated carbocycles. The smallest absolute Gasteiger partial charge is 0.269 e. The lowest BCUT2D eigenvalue weighted by Crippen LogP contribution is -2.21. The van der Waals surface area contributed by atoms with Gasteiger partial charge in [0.25, 0.3) is 5.91 Å². The molecule has 2 rings (SSSR count). The fourth-order valence-corrected chi connectivity index (χ4v) is 1.75. The molecule has 0 atom stereocenters. The van der Waals surface area contributed by atoms with Crippen molar-refractivity contribution in [3.63, 3.8) is 0 Å². The maximum atomic E-state index is 11.0. The van der Waals surface area contributed by atoms with Gasteiger partial charge in [0.05, 0.1) is 12.5 Å². The first-order valence-electron chi connectivity index (χ1n) is 6.05. The van der Waals surface area contributed by atoms with Crippen molar-refractivity contribution in [3.05, 3.63) is 48.2 Å². The van der Waals surface area contributed by atoms with E-state index in [0.29, 0.717) is 18.8 Å². The molecule has 0 unspecified atom stereocenters. The third-order valence-electron chi connectivity index (χ3n) is 2.69. The molecule has 20 heavy (non-hydrogen) atoms. The van der Waals surface area contributed by atoms with Crippen LogP contribution in [0, 0.1) is 11.3 Å². The van der Waals surface area contributed by atoms with Crippen LogP contribution >= 0.6 is 0 Å². The van der Waals surface area contributed by atoms with Crippen LogP contribution in [0.15, 0.2) is 42.5 Å². The Labute approximate surface area is 116 Å². The molecule has 1 aromatic heterocycles. The molecular formula is C14H13N5O. The maximum Gasteiger partial charge on any atom is 0.269 e. The zero-order chi connectivity index (χ0) is 14.4. The molecular weight excluding hydrogens is 254 g/mol. The number of nitrogens with zero attached hydrogens (tertiary/aromatic N) is 4. The van der Waals surface area contributed by atoms with Gasteiger partial charge in [-0.05, 0) is 24.3 Å². The number of hydrogen-bond donors (Lipinski definition) is 1. The van der Waals surface area contributed by atoms with Crippen LogP contribution < -0.4 is 10.6 Å². The van der Waals surface area contributed by atoms with Gasteiger partial charge in [-0.2, -0.15) is 5.26 Å². The van der Waals surface area contributed by atoms with Crippen molar-refractivity contribution in [2.45, 2.75) is 6.42 Å². The number of hydrogen-bond acceptors (Lipinski definition) is 5. The maximum absolute atomic E-state index is 11.0. The minimum atomic E-state index is -0.618. The minimum Gasteiger partial charge on any atom is -0.364 e. The summed E-state index contributed by atoms with van der Waals surface area (Å²) in [5.74, 6) is -0.0521. The fraction of sp³-hybridized carbons (Fsp3) is 0.143. The van der Waals surface area contributed by atoms with Crippen molar-refractivity contribution in [3.8, 4) is 6.07 Å². The monoisotopic (exact) mass is 267 g/mol. The van der Waals surface area contributed by atoms with Crippen LogP contribution in [-0.4, -0.2) is 22.6 Å². The van der Waals surface area contributed by atoms with Gasteiger partial charge in [-0.3, -0.25) is 4.79 Å². The average molecular weight is 267 g/mol. The van der Waals surface area contributed by atoms with Gasteiger partial charge in [0, 0.05) is 12.2 Å². The summed E-state index contributed by atoms with van der Waals surface area (Å²) < 4.78 is 0. The first-order valence-corrected chi connectivity index (χ1v) is 6.05. The van der Waals surface area contributed by atoms with Crippen molar-refractivity contribution in [1.29, 1.82) is 5.26 Å². The largest absolute Gasteiger partial charge is 0.364 e. The van der Waals surface area contributed by atoms with Gasteiger partial charge in [0.15, 0.2) is 11.5 Å². The molecule has 0 spiro atoms. The van der Waals surface area contributed by atoms with Gasteiger partial charge in [0.1, 0.15) is 0 Å². The van der Waals surface area contributed by atoms with Crippen molar-refractivity contribution in [2.75, 3.05) is 11.4 Å². The number of amides is 1. The van der Waals surface area contributed by atoms with Crippen molar-refractivity contribution in [1.82, 2.24) is 10.2 Å². The number of anilines is 2. The topological polar surface area (TPSA) is 95.9 Å². The van der Waals surface area contributed by atoms with E-state index in [0.717, 1.165) is 5.69 Å². The van der Waals surface area contributed by atoms with Gasteiger partial charge < -0.3 is 10.6 Å². The van der Waals surface area contributed by atoms with Crippen molar-refractivity contribution >= 4 is 17.4 Å². The lowest BCUT2D eigenvalue weighted by atomic mass is 10.2. The van der Waals surface area contributed by atoms with E-state index in [4.69, 9.17) is 11.0 Å². The number of carbonyl (C=O) groups excluding carboxylic acids is 1. The normalized spacial score (nSPS) is 9.75. The van der Waals surface area contributed by atoms with E-state index in [1.807, 2.05) is 35.2 Å². The molecule has 1 aromatic carbocycles. The number of nitrogens with two attached hydrogens (primary N) is 1. The molecule has 100 valence electrons. The SMILES string of the molecule is N#CCCN(c1ccccc1)c1ccc(C(N)=O)nn1. The minimum absolute atomic E-state index is 0.113. The molecule has 2 aromatic rings. The third-order valence-corrected chi connectivity index (χ3v) is 2.69. The standard InChI is InChI=1S/C14H13N5O/c15-9-4-10-19(11-5-2-1-3-6-11)13-8-7-12(14(16)20)17-18-13/h1-3,5-8H,4,10H2,(H2,16,20). The summed E-state index contributed by atoms with van der Waals surface area (Å²) in [5, 5.41) is 16.5. The van der Waals surface area contributed by atoms with E-state index >= 15 is 0 Å². The van der Waals surface area contributed by atoms with Crippen LogP contribution in [0.2, 0.25) is 0 Å². The Morgan fingerprint density at radius 2 is 1.95 bits per heavy atom. The van der Waals surface area contributed by atoms with Crippen molar-refractivity contribution < 1.29 is 4.79 Å². The molecule has 0 aliphatic rings. The fourth-order valence-electron chi connectivity index (χ4n) is 1.75. The Hall–Kier alpha value is -2.94. The van der Waals surface area contributed by atoms with Gasteiger partial charge >= 0.3 is 0 Å².